The van der Waals surface area contributed by atoms with Crippen molar-refractivity contribution in [1.29, 1.82) is 0 Å². The first kappa shape index (κ1) is 23.9. The first-order valence-electron chi connectivity index (χ1n) is 10.6. The lowest BCUT2D eigenvalue weighted by atomic mass is 10.2. The fraction of sp³-hybridized carbons (Fsp3) is 0.391. The van der Waals surface area contributed by atoms with Crippen LogP contribution in [-0.2, 0) is 14.6 Å². The van der Waals surface area contributed by atoms with Gasteiger partial charge < -0.3 is 9.47 Å². The number of anilines is 1. The van der Waals surface area contributed by atoms with Gasteiger partial charge in [-0.2, -0.15) is 0 Å². The van der Waals surface area contributed by atoms with Crippen LogP contribution in [0.5, 0.6) is 5.75 Å². The molecule has 1 aliphatic rings. The van der Waals surface area contributed by atoms with Gasteiger partial charge in [0, 0.05) is 12.2 Å². The summed E-state index contributed by atoms with van der Waals surface area (Å²) in [5.74, 6) is 0.215. The Bertz CT molecular complexity index is 1280. The first-order valence-corrected chi connectivity index (χ1v) is 13.4. The number of nitrogens with zero attached hydrogens (tertiary/aromatic N) is 2. The second kappa shape index (κ2) is 9.58. The lowest BCUT2D eigenvalue weighted by molar-refractivity contribution is 0.0917. The van der Waals surface area contributed by atoms with E-state index in [1.165, 1.54) is 23.5 Å². The number of hydrogen-bond donors (Lipinski definition) is 0. The van der Waals surface area contributed by atoms with E-state index in [0.29, 0.717) is 39.3 Å². The molecule has 0 saturated carbocycles. The highest BCUT2D eigenvalue weighted by atomic mass is 35.5. The van der Waals surface area contributed by atoms with Crippen molar-refractivity contribution < 1.29 is 22.7 Å². The number of aromatic nitrogens is 1. The predicted molar refractivity (Wildman–Crippen MR) is 131 cm³/mol. The van der Waals surface area contributed by atoms with E-state index in [1.54, 1.807) is 50.1 Å². The molecular formula is C23H25ClN2O5S2. The molecule has 2 aromatic carbocycles. The van der Waals surface area contributed by atoms with E-state index in [4.69, 9.17) is 21.1 Å². The lowest BCUT2D eigenvalue weighted by Gasteiger charge is -2.23. The van der Waals surface area contributed by atoms with Crippen molar-refractivity contribution in [3.8, 4) is 5.75 Å². The van der Waals surface area contributed by atoms with Crippen molar-refractivity contribution in [3.63, 3.8) is 0 Å². The van der Waals surface area contributed by atoms with E-state index in [1.807, 2.05) is 0 Å². The van der Waals surface area contributed by atoms with Gasteiger partial charge in [0.15, 0.2) is 15.0 Å². The molecule has 1 saturated heterocycles. The smallest absolute Gasteiger partial charge is 0.260 e. The summed E-state index contributed by atoms with van der Waals surface area (Å²) in [5.41, 5.74) is 0.846. The van der Waals surface area contributed by atoms with Crippen molar-refractivity contribution >= 4 is 54.0 Å². The molecule has 1 amide bonds. The Morgan fingerprint density at radius 3 is 2.79 bits per heavy atom. The SMILES string of the molecule is COc1ccc(Cl)c2sc(N(CC3CCCO3)C(=O)c3cccc(S(=O)(=O)C(C)C)c3)nc12. The molecule has 0 spiro atoms. The minimum atomic E-state index is -3.52. The zero-order valence-corrected chi connectivity index (χ0v) is 21.0. The largest absolute Gasteiger partial charge is 0.494 e. The second-order valence-electron chi connectivity index (χ2n) is 8.10. The number of thiazole rings is 1. The number of benzene rings is 2. The van der Waals surface area contributed by atoms with Crippen molar-refractivity contribution in [2.24, 2.45) is 0 Å². The van der Waals surface area contributed by atoms with Crippen LogP contribution >= 0.6 is 22.9 Å². The van der Waals surface area contributed by atoms with Crippen LogP contribution in [0.2, 0.25) is 5.02 Å². The van der Waals surface area contributed by atoms with Gasteiger partial charge in [-0.15, -0.1) is 0 Å². The van der Waals surface area contributed by atoms with Gasteiger partial charge in [-0.25, -0.2) is 13.4 Å². The summed E-state index contributed by atoms with van der Waals surface area (Å²) in [7, 11) is -1.97. The normalized spacial score (nSPS) is 16.5. The Hall–Kier alpha value is -2.20. The van der Waals surface area contributed by atoms with E-state index in [-0.39, 0.29) is 22.5 Å². The lowest BCUT2D eigenvalue weighted by Crippen LogP contribution is -2.37. The summed E-state index contributed by atoms with van der Waals surface area (Å²) in [5, 5.41) is 0.378. The quantitative estimate of drug-likeness (QED) is 0.448. The Balaban J connectivity index is 1.78. The monoisotopic (exact) mass is 508 g/mol. The Morgan fingerprint density at radius 1 is 1.33 bits per heavy atom. The van der Waals surface area contributed by atoms with Gasteiger partial charge in [0.25, 0.3) is 5.91 Å². The maximum absolute atomic E-state index is 13.7. The molecule has 0 aliphatic carbocycles. The predicted octanol–water partition coefficient (Wildman–Crippen LogP) is 4.97. The topological polar surface area (TPSA) is 85.8 Å². The van der Waals surface area contributed by atoms with Crippen molar-refractivity contribution in [2.75, 3.05) is 25.2 Å². The van der Waals surface area contributed by atoms with E-state index >= 15 is 0 Å². The molecule has 176 valence electrons. The van der Waals surface area contributed by atoms with Gasteiger partial charge >= 0.3 is 0 Å². The van der Waals surface area contributed by atoms with E-state index in [0.717, 1.165) is 12.8 Å². The van der Waals surface area contributed by atoms with Gasteiger partial charge in [0.2, 0.25) is 0 Å². The third kappa shape index (κ3) is 4.73. The summed E-state index contributed by atoms with van der Waals surface area (Å²) in [6.07, 6.45) is 1.63. The maximum Gasteiger partial charge on any atom is 0.260 e. The highest BCUT2D eigenvalue weighted by molar-refractivity contribution is 7.92. The number of methoxy groups -OCH3 is 1. The van der Waals surface area contributed by atoms with E-state index in [9.17, 15) is 13.2 Å². The third-order valence-electron chi connectivity index (χ3n) is 5.58. The second-order valence-corrected chi connectivity index (χ2v) is 12.0. The zero-order chi connectivity index (χ0) is 23.8. The summed E-state index contributed by atoms with van der Waals surface area (Å²) in [6, 6.07) is 9.62. The van der Waals surface area contributed by atoms with Crippen molar-refractivity contribution in [2.45, 2.75) is 42.9 Å². The number of hydrogen-bond acceptors (Lipinski definition) is 7. The van der Waals surface area contributed by atoms with Crippen LogP contribution in [0.4, 0.5) is 5.13 Å². The number of sulfone groups is 1. The van der Waals surface area contributed by atoms with Gasteiger partial charge in [0.1, 0.15) is 11.3 Å². The van der Waals surface area contributed by atoms with Crippen molar-refractivity contribution in [3.05, 3.63) is 47.0 Å². The molecule has 1 atom stereocenters. The van der Waals surface area contributed by atoms with E-state index < -0.39 is 15.1 Å². The van der Waals surface area contributed by atoms with Crippen molar-refractivity contribution in [1.82, 2.24) is 4.98 Å². The number of carbonyl (C=O) groups excluding carboxylic acids is 1. The molecule has 33 heavy (non-hydrogen) atoms. The van der Waals surface area contributed by atoms with Crippen LogP contribution in [-0.4, -0.2) is 50.9 Å². The number of rotatable bonds is 7. The highest BCUT2D eigenvalue weighted by Crippen LogP contribution is 2.39. The number of halogens is 1. The van der Waals surface area contributed by atoms with Gasteiger partial charge in [0.05, 0.1) is 39.6 Å². The molecule has 0 radical (unpaired) electrons. The summed E-state index contributed by atoms with van der Waals surface area (Å²) < 4.78 is 37.2. The molecule has 1 aliphatic heterocycles. The van der Waals surface area contributed by atoms with Crippen LogP contribution in [0.25, 0.3) is 10.2 Å². The fourth-order valence-corrected chi connectivity index (χ4v) is 6.06. The molecule has 4 rings (SSSR count). The highest BCUT2D eigenvalue weighted by Gasteiger charge is 2.29. The molecule has 0 N–H and O–H groups in total. The third-order valence-corrected chi connectivity index (χ3v) is 9.27. The molecule has 7 nitrogen and oxygen atoms in total. The Morgan fingerprint density at radius 2 is 2.12 bits per heavy atom. The summed E-state index contributed by atoms with van der Waals surface area (Å²) in [4.78, 5) is 20.0. The van der Waals surface area contributed by atoms with Crippen LogP contribution in [0.15, 0.2) is 41.3 Å². The van der Waals surface area contributed by atoms with Crippen LogP contribution in [0.1, 0.15) is 37.0 Å². The Kier molecular flexibility index (Phi) is 6.95. The minimum Gasteiger partial charge on any atom is -0.494 e. The number of amides is 1. The maximum atomic E-state index is 13.7. The number of fused-ring (bicyclic) bond motifs is 1. The molecule has 1 fully saturated rings. The minimum absolute atomic E-state index is 0.120. The molecule has 2 heterocycles. The summed E-state index contributed by atoms with van der Waals surface area (Å²) in [6.45, 7) is 4.19. The molecule has 3 aromatic rings. The molecular weight excluding hydrogens is 484 g/mol. The van der Waals surface area contributed by atoms with Gasteiger partial charge in [-0.05, 0) is 57.0 Å². The van der Waals surface area contributed by atoms with Gasteiger partial charge in [-0.3, -0.25) is 9.69 Å². The standard InChI is InChI=1S/C23H25ClN2O5S2/c1-14(2)33(28,29)17-8-4-6-15(12-17)22(27)26(13-16-7-5-11-31-16)23-25-20-19(30-3)10-9-18(24)21(20)32-23/h4,6,8-10,12,14,16H,5,7,11,13H2,1-3H3. The molecule has 10 heteroatoms. The van der Waals surface area contributed by atoms with Crippen LogP contribution in [0.3, 0.4) is 0 Å². The zero-order valence-electron chi connectivity index (χ0n) is 18.6. The van der Waals surface area contributed by atoms with Crippen LogP contribution in [0, 0.1) is 0 Å². The fourth-order valence-electron chi connectivity index (χ4n) is 3.70. The average molecular weight is 509 g/mol. The van der Waals surface area contributed by atoms with Crippen LogP contribution < -0.4 is 9.64 Å². The summed E-state index contributed by atoms with van der Waals surface area (Å²) >= 11 is 7.68. The molecule has 1 aromatic heterocycles. The average Bonchev–Trinajstić information content (AvgIpc) is 3.48. The van der Waals surface area contributed by atoms with E-state index in [2.05, 4.69) is 4.98 Å². The molecule has 1 unspecified atom stereocenters. The molecule has 0 bridgehead atoms. The number of ether oxygens (including phenoxy) is 2. The number of carbonyl (C=O) groups is 1. The first-order chi connectivity index (χ1) is 15.7. The Labute approximate surface area is 202 Å². The van der Waals surface area contributed by atoms with Gasteiger partial charge in [-0.1, -0.05) is 29.0 Å².